The number of hydrogen-bond acceptors (Lipinski definition) is 1. The van der Waals surface area contributed by atoms with Crippen molar-refractivity contribution in [2.45, 2.75) is 0 Å². The van der Waals surface area contributed by atoms with Crippen LogP contribution in [-0.4, -0.2) is 21.8 Å². The Morgan fingerprint density at radius 3 is 1.12 bits per heavy atom. The molecule has 0 amide bonds. The van der Waals surface area contributed by atoms with Gasteiger partial charge in [-0.1, -0.05) is 0 Å². The molecule has 0 fully saturated rings. The van der Waals surface area contributed by atoms with Gasteiger partial charge in [0.05, 0.1) is 0 Å². The van der Waals surface area contributed by atoms with Crippen molar-refractivity contribution in [1.29, 1.82) is 0 Å². The fourth-order valence-corrected chi connectivity index (χ4v) is 0. The fraction of sp³-hybridized carbons (Fsp3) is 0. The minimum atomic E-state index is -1.83. The third-order valence-corrected chi connectivity index (χ3v) is 0. The molecule has 0 atom stereocenters. The van der Waals surface area contributed by atoms with E-state index in [1.54, 1.807) is 0 Å². The third kappa shape index (κ3) is 86.5. The molecule has 0 heterocycles. The molecule has 0 aromatic carbocycles. The van der Waals surface area contributed by atoms with Gasteiger partial charge in [0.1, 0.15) is 0 Å². The molecule has 0 saturated heterocycles. The monoisotopic (exact) mass is 152 g/mol. The summed E-state index contributed by atoms with van der Waals surface area (Å²) in [4.78, 5) is 8.56. The molecule has 0 rings (SSSR count). The number of hydrogen-bond donors (Lipinski definition) is 2. The summed E-state index contributed by atoms with van der Waals surface area (Å²) in [5.41, 5.74) is 0. The van der Waals surface area contributed by atoms with E-state index < -0.39 is 6.16 Å². The smallest absolute Gasteiger partial charge is 1.00 e. The van der Waals surface area contributed by atoms with Crippen molar-refractivity contribution in [1.82, 2.24) is 0 Å². The molecule has 4 nitrogen and oxygen atoms in total. The van der Waals surface area contributed by atoms with Crippen molar-refractivity contribution in [2.75, 3.05) is 0 Å². The topological polar surface area (TPSA) is 89.0 Å². The largest absolute Gasteiger partial charge is 1.00 e. The first kappa shape index (κ1) is 31.9. The van der Waals surface area contributed by atoms with Crippen LogP contribution in [0.15, 0.2) is 0 Å². The molecule has 0 spiro atoms. The van der Waals surface area contributed by atoms with Gasteiger partial charge in [-0.2, -0.15) is 0 Å². The van der Waals surface area contributed by atoms with Crippen molar-refractivity contribution in [3.8, 4) is 0 Å². The van der Waals surface area contributed by atoms with Crippen LogP contribution in [0.1, 0.15) is 4.28 Å². The molecule has 7 heteroatoms. The van der Waals surface area contributed by atoms with Gasteiger partial charge in [-0.3, -0.25) is 0 Å². The average molecular weight is 152 g/mol. The van der Waals surface area contributed by atoms with E-state index in [9.17, 15) is 0 Å². The maximum atomic E-state index is 8.56. The summed E-state index contributed by atoms with van der Waals surface area (Å²) in [6.45, 7) is 0. The Bertz CT molecular complexity index is 43.6. The number of rotatable bonds is 0. The van der Waals surface area contributed by atoms with Crippen LogP contribution in [-0.2, 0) is 0 Å². The van der Waals surface area contributed by atoms with Crippen LogP contribution in [0, 0.1) is 0 Å². The first-order valence-electron chi connectivity index (χ1n) is 0.651. The van der Waals surface area contributed by atoms with Gasteiger partial charge in [0.25, 0.3) is 0 Å². The molecule has 4 N–H and O–H groups in total. The molecule has 0 aromatic rings. The predicted octanol–water partition coefficient (Wildman–Crippen LogP) is -9.25. The van der Waals surface area contributed by atoms with Crippen LogP contribution in [0.4, 0.5) is 4.79 Å². The van der Waals surface area contributed by atoms with Crippen LogP contribution >= 0.6 is 0 Å². The van der Waals surface area contributed by atoms with E-state index in [0.717, 1.165) is 0 Å². The fourth-order valence-electron chi connectivity index (χ4n) is 0. The quantitative estimate of drug-likeness (QED) is 0.338. The zero-order valence-electron chi connectivity index (χ0n) is 8.30. The van der Waals surface area contributed by atoms with E-state index in [4.69, 9.17) is 15.0 Å². The van der Waals surface area contributed by atoms with E-state index in [0.29, 0.717) is 0 Å². The Morgan fingerprint density at radius 2 is 1.12 bits per heavy atom. The van der Waals surface area contributed by atoms with Crippen molar-refractivity contribution >= 4 is 6.16 Å². The Labute approximate surface area is 118 Å². The van der Waals surface area contributed by atoms with E-state index in [1.165, 1.54) is 0 Å². The van der Waals surface area contributed by atoms with Crippen molar-refractivity contribution in [2.24, 2.45) is 0 Å². The molecule has 0 aliphatic rings. The molecular weight excluding hydrogens is 145 g/mol. The van der Waals surface area contributed by atoms with Gasteiger partial charge < -0.3 is 20.0 Å². The van der Waals surface area contributed by atoms with Crippen LogP contribution in [0.5, 0.6) is 0 Å². The first-order chi connectivity index (χ1) is 1.73. The van der Waals surface area contributed by atoms with E-state index in [2.05, 4.69) is 0 Å². The second-order valence-corrected chi connectivity index (χ2v) is 0.283. The van der Waals surface area contributed by atoms with Gasteiger partial charge in [-0.15, -0.1) is 0 Å². The zero-order chi connectivity index (χ0) is 3.58. The zero-order valence-corrected chi connectivity index (χ0v) is 11.3. The van der Waals surface area contributed by atoms with E-state index in [1.807, 2.05) is 0 Å². The molecule has 8 heavy (non-hydrogen) atoms. The summed E-state index contributed by atoms with van der Waals surface area (Å²) in [6.07, 6.45) is -1.83. The van der Waals surface area contributed by atoms with Gasteiger partial charge in [0, 0.05) is 0 Å². The van der Waals surface area contributed by atoms with Crippen molar-refractivity contribution in [3.05, 3.63) is 0 Å². The van der Waals surface area contributed by atoms with Gasteiger partial charge in [-0.25, -0.2) is 4.79 Å². The van der Waals surface area contributed by atoms with Crippen LogP contribution in [0.3, 0.4) is 0 Å². The van der Waals surface area contributed by atoms with Crippen LogP contribution in [0.2, 0.25) is 0 Å². The second kappa shape index (κ2) is 22.9. The Hall–Kier alpha value is 2.23. The number of carbonyl (C=O) groups is 1. The maximum absolute atomic E-state index is 8.56. The normalized spacial score (nSPS) is 3.00. The Kier molecular flexibility index (Phi) is 91.0. The molecular formula is CH7Na3O4. The first-order valence-corrected chi connectivity index (χ1v) is 0.651. The van der Waals surface area contributed by atoms with Gasteiger partial charge in [0.15, 0.2) is 0 Å². The van der Waals surface area contributed by atoms with Crippen molar-refractivity contribution in [3.63, 3.8) is 0 Å². The summed E-state index contributed by atoms with van der Waals surface area (Å²) in [7, 11) is 0. The summed E-state index contributed by atoms with van der Waals surface area (Å²) in [5.74, 6) is 0. The standard InChI is InChI=1S/CH2O3.3Na.H2O.3H/c2-1(3)4;;;;;;;/h(H2,2,3,4);;;;1H2;;;/q;3*+1;;3*-1. The predicted molar refractivity (Wildman–Crippen MR) is 17.6 cm³/mol. The molecule has 0 unspecified atom stereocenters. The Morgan fingerprint density at radius 1 is 1.12 bits per heavy atom. The molecule has 0 aromatic heterocycles. The van der Waals surface area contributed by atoms with E-state index in [-0.39, 0.29) is 98.4 Å². The van der Waals surface area contributed by atoms with Crippen LogP contribution in [0.25, 0.3) is 0 Å². The average Bonchev–Trinajstić information content (AvgIpc) is 0.811. The summed E-state index contributed by atoms with van der Waals surface area (Å²) in [6, 6.07) is 0. The molecule has 38 valence electrons. The van der Waals surface area contributed by atoms with Gasteiger partial charge in [-0.05, 0) is 0 Å². The summed E-state index contributed by atoms with van der Waals surface area (Å²) >= 11 is 0. The van der Waals surface area contributed by atoms with Crippen molar-refractivity contribution < 1.29 is 113 Å². The van der Waals surface area contributed by atoms with E-state index >= 15 is 0 Å². The molecule has 0 aliphatic heterocycles. The maximum Gasteiger partial charge on any atom is 1.00 e. The molecule has 0 bridgehead atoms. The van der Waals surface area contributed by atoms with Crippen LogP contribution < -0.4 is 88.7 Å². The molecule has 0 radical (unpaired) electrons. The van der Waals surface area contributed by atoms with Gasteiger partial charge >= 0.3 is 94.8 Å². The van der Waals surface area contributed by atoms with Gasteiger partial charge in [0.2, 0.25) is 0 Å². The minimum Gasteiger partial charge on any atom is -1.00 e. The SMILES string of the molecule is O.O=C(O)O.[H-].[H-].[H-].[Na+].[Na+].[Na+]. The summed E-state index contributed by atoms with van der Waals surface area (Å²) < 4.78 is 0. The number of carboxylic acid groups (broad SMARTS) is 2. The second-order valence-electron chi connectivity index (χ2n) is 0.283. The molecule has 0 saturated carbocycles. The summed E-state index contributed by atoms with van der Waals surface area (Å²) in [5, 5.41) is 13.9. The molecule has 0 aliphatic carbocycles. The minimum absolute atomic E-state index is 0. The third-order valence-electron chi connectivity index (χ3n) is 0. The Balaban J connectivity index is -0.00000000214.